The molecule has 0 saturated carbocycles. The number of anilines is 1. The molecule has 0 radical (unpaired) electrons. The Hall–Kier alpha value is -2.47. The second-order valence-electron chi connectivity index (χ2n) is 4.89. The maximum Gasteiger partial charge on any atom is 0.257 e. The number of benzene rings is 1. The van der Waals surface area contributed by atoms with Gasteiger partial charge in [0.1, 0.15) is 5.82 Å². The Bertz CT molecular complexity index is 891. The lowest BCUT2D eigenvalue weighted by Gasteiger charge is -2.06. The first-order chi connectivity index (χ1) is 10.5. The van der Waals surface area contributed by atoms with Gasteiger partial charge >= 0.3 is 0 Å². The number of aromatic nitrogens is 3. The van der Waals surface area contributed by atoms with Crippen molar-refractivity contribution in [2.75, 3.05) is 5.32 Å². The van der Waals surface area contributed by atoms with Gasteiger partial charge in [-0.05, 0) is 31.2 Å². The van der Waals surface area contributed by atoms with Crippen LogP contribution in [-0.4, -0.2) is 20.7 Å². The summed E-state index contributed by atoms with van der Waals surface area (Å²) in [5.41, 5.74) is 2.19. The topological polar surface area (TPSA) is 59.8 Å². The number of hydrogen-bond acceptors (Lipinski definition) is 3. The van der Waals surface area contributed by atoms with E-state index in [-0.39, 0.29) is 10.9 Å². The van der Waals surface area contributed by atoms with Crippen LogP contribution in [0, 0.1) is 12.7 Å². The number of nitrogens with one attached hydrogen (secondary N) is 1. The third-order valence-electron chi connectivity index (χ3n) is 3.30. The van der Waals surface area contributed by atoms with Gasteiger partial charge in [-0.3, -0.25) is 9.48 Å². The number of nitrogens with zero attached hydrogens (tertiary/aromatic N) is 3. The van der Waals surface area contributed by atoms with Crippen LogP contribution in [0.1, 0.15) is 16.1 Å². The molecule has 0 aliphatic heterocycles. The molecule has 0 aliphatic carbocycles. The monoisotopic (exact) mass is 318 g/mol. The molecule has 0 bridgehead atoms. The molecular weight excluding hydrogens is 307 g/mol. The second kappa shape index (κ2) is 5.38. The van der Waals surface area contributed by atoms with Gasteiger partial charge in [0.05, 0.1) is 16.3 Å². The van der Waals surface area contributed by atoms with Gasteiger partial charge in [0.25, 0.3) is 5.91 Å². The molecule has 0 fully saturated rings. The standard InChI is InChI=1S/C15H12ClFN4O/c1-8-11-5-9(7-18-14(11)21(2)20-8)15(22)19-10-3-4-12(16)13(17)6-10/h3-7H,1-2H3,(H,19,22). The summed E-state index contributed by atoms with van der Waals surface area (Å²) in [6.07, 6.45) is 1.46. The number of aryl methyl sites for hydroxylation is 2. The third-order valence-corrected chi connectivity index (χ3v) is 3.61. The van der Waals surface area contributed by atoms with Gasteiger partial charge < -0.3 is 5.32 Å². The van der Waals surface area contributed by atoms with Crippen molar-refractivity contribution in [1.82, 2.24) is 14.8 Å². The maximum atomic E-state index is 13.4. The molecule has 0 aliphatic rings. The fraction of sp³-hybridized carbons (Fsp3) is 0.133. The molecule has 1 aromatic carbocycles. The van der Waals surface area contributed by atoms with E-state index in [1.54, 1.807) is 17.8 Å². The smallest absolute Gasteiger partial charge is 0.257 e. The lowest BCUT2D eigenvalue weighted by Crippen LogP contribution is -2.12. The molecule has 0 atom stereocenters. The van der Waals surface area contributed by atoms with E-state index in [1.807, 2.05) is 6.92 Å². The molecule has 2 aromatic heterocycles. The highest BCUT2D eigenvalue weighted by Crippen LogP contribution is 2.20. The number of amides is 1. The van der Waals surface area contributed by atoms with Crippen LogP contribution in [0.4, 0.5) is 10.1 Å². The van der Waals surface area contributed by atoms with Gasteiger partial charge in [-0.1, -0.05) is 11.6 Å². The quantitative estimate of drug-likeness (QED) is 0.788. The zero-order chi connectivity index (χ0) is 15.9. The van der Waals surface area contributed by atoms with Crippen molar-refractivity contribution < 1.29 is 9.18 Å². The van der Waals surface area contributed by atoms with Gasteiger partial charge in [0.15, 0.2) is 5.65 Å². The van der Waals surface area contributed by atoms with Gasteiger partial charge in [-0.2, -0.15) is 5.10 Å². The van der Waals surface area contributed by atoms with Gasteiger partial charge in [0, 0.05) is 24.3 Å². The molecule has 1 amide bonds. The highest BCUT2D eigenvalue weighted by molar-refractivity contribution is 6.30. The number of pyridine rings is 1. The summed E-state index contributed by atoms with van der Waals surface area (Å²) in [6, 6.07) is 5.80. The van der Waals surface area contributed by atoms with Crippen LogP contribution >= 0.6 is 11.6 Å². The Morgan fingerprint density at radius 1 is 1.36 bits per heavy atom. The van der Waals surface area contributed by atoms with Crippen LogP contribution < -0.4 is 5.32 Å². The molecule has 1 N–H and O–H groups in total. The number of carbonyl (C=O) groups excluding carboxylic acids is 1. The Balaban J connectivity index is 1.91. The number of fused-ring (bicyclic) bond motifs is 1. The Kier molecular flexibility index (Phi) is 3.54. The predicted octanol–water partition coefficient (Wildman–Crippen LogP) is 3.32. The highest BCUT2D eigenvalue weighted by Gasteiger charge is 2.12. The van der Waals surface area contributed by atoms with Crippen LogP contribution in [0.3, 0.4) is 0 Å². The molecule has 2 heterocycles. The lowest BCUT2D eigenvalue weighted by atomic mass is 10.2. The van der Waals surface area contributed by atoms with Crippen LogP contribution in [-0.2, 0) is 7.05 Å². The molecule has 0 saturated heterocycles. The molecular formula is C15H12ClFN4O. The summed E-state index contributed by atoms with van der Waals surface area (Å²) in [6.45, 7) is 1.85. The van der Waals surface area contributed by atoms with E-state index < -0.39 is 5.82 Å². The van der Waals surface area contributed by atoms with E-state index >= 15 is 0 Å². The Morgan fingerprint density at radius 3 is 2.86 bits per heavy atom. The van der Waals surface area contributed by atoms with Crippen molar-refractivity contribution in [2.45, 2.75) is 6.92 Å². The second-order valence-corrected chi connectivity index (χ2v) is 5.29. The summed E-state index contributed by atoms with van der Waals surface area (Å²) >= 11 is 5.61. The minimum atomic E-state index is -0.587. The average molecular weight is 319 g/mol. The van der Waals surface area contributed by atoms with Crippen molar-refractivity contribution in [3.05, 3.63) is 52.6 Å². The van der Waals surface area contributed by atoms with Crippen molar-refractivity contribution in [3.63, 3.8) is 0 Å². The molecule has 5 nitrogen and oxygen atoms in total. The summed E-state index contributed by atoms with van der Waals surface area (Å²) in [5, 5.41) is 7.68. The number of carbonyl (C=O) groups is 1. The minimum absolute atomic E-state index is 0.00655. The van der Waals surface area contributed by atoms with E-state index in [1.165, 1.54) is 24.4 Å². The number of rotatable bonds is 2. The first-order valence-corrected chi connectivity index (χ1v) is 6.89. The fourth-order valence-corrected chi connectivity index (χ4v) is 2.33. The van der Waals surface area contributed by atoms with Crippen molar-refractivity contribution in [2.24, 2.45) is 7.05 Å². The minimum Gasteiger partial charge on any atom is -0.322 e. The van der Waals surface area contributed by atoms with Crippen LogP contribution in [0.2, 0.25) is 5.02 Å². The molecule has 22 heavy (non-hydrogen) atoms. The van der Waals surface area contributed by atoms with Crippen molar-refractivity contribution in [1.29, 1.82) is 0 Å². The van der Waals surface area contributed by atoms with Crippen molar-refractivity contribution >= 4 is 34.2 Å². The van der Waals surface area contributed by atoms with Crippen molar-refractivity contribution in [3.8, 4) is 0 Å². The molecule has 3 aromatic rings. The molecule has 0 unspecified atom stereocenters. The van der Waals surface area contributed by atoms with E-state index in [9.17, 15) is 9.18 Å². The van der Waals surface area contributed by atoms with E-state index in [0.717, 1.165) is 11.1 Å². The van der Waals surface area contributed by atoms with Gasteiger partial charge in [-0.25, -0.2) is 9.37 Å². The average Bonchev–Trinajstić information content (AvgIpc) is 2.77. The molecule has 3 rings (SSSR count). The van der Waals surface area contributed by atoms with Crippen LogP contribution in [0.15, 0.2) is 30.5 Å². The maximum absolute atomic E-state index is 13.4. The number of halogens is 2. The SMILES string of the molecule is Cc1nn(C)c2ncc(C(=O)Nc3ccc(Cl)c(F)c3)cc12. The fourth-order valence-electron chi connectivity index (χ4n) is 2.21. The zero-order valence-corrected chi connectivity index (χ0v) is 12.6. The van der Waals surface area contributed by atoms with E-state index in [4.69, 9.17) is 11.6 Å². The van der Waals surface area contributed by atoms with Crippen LogP contribution in [0.25, 0.3) is 11.0 Å². The number of hydrogen-bond donors (Lipinski definition) is 1. The Labute approximate surface area is 130 Å². The lowest BCUT2D eigenvalue weighted by molar-refractivity contribution is 0.102. The molecule has 7 heteroatoms. The summed E-state index contributed by atoms with van der Waals surface area (Å²) in [7, 11) is 1.79. The summed E-state index contributed by atoms with van der Waals surface area (Å²) in [5.74, 6) is -0.962. The predicted molar refractivity (Wildman–Crippen MR) is 82.6 cm³/mol. The van der Waals surface area contributed by atoms with E-state index in [0.29, 0.717) is 16.9 Å². The van der Waals surface area contributed by atoms with Gasteiger partial charge in [0.2, 0.25) is 0 Å². The first-order valence-electron chi connectivity index (χ1n) is 6.51. The third kappa shape index (κ3) is 2.53. The van der Waals surface area contributed by atoms with Crippen LogP contribution in [0.5, 0.6) is 0 Å². The molecule has 0 spiro atoms. The highest BCUT2D eigenvalue weighted by atomic mass is 35.5. The normalized spacial score (nSPS) is 10.9. The first kappa shape index (κ1) is 14.5. The summed E-state index contributed by atoms with van der Waals surface area (Å²) < 4.78 is 15.0. The van der Waals surface area contributed by atoms with Gasteiger partial charge in [-0.15, -0.1) is 0 Å². The largest absolute Gasteiger partial charge is 0.322 e. The Morgan fingerprint density at radius 2 is 2.14 bits per heavy atom. The zero-order valence-electron chi connectivity index (χ0n) is 11.9. The summed E-state index contributed by atoms with van der Waals surface area (Å²) in [4.78, 5) is 16.5. The molecule has 112 valence electrons. The van der Waals surface area contributed by atoms with E-state index in [2.05, 4.69) is 15.4 Å².